The van der Waals surface area contributed by atoms with Gasteiger partial charge in [-0.3, -0.25) is 9.59 Å². The predicted molar refractivity (Wildman–Crippen MR) is 65.5 cm³/mol. The Morgan fingerprint density at radius 2 is 1.65 bits per heavy atom. The smallest absolute Gasteiger partial charge is 0.306 e. The zero-order chi connectivity index (χ0) is 13.3. The van der Waals surface area contributed by atoms with Gasteiger partial charge in [0, 0.05) is 0 Å². The van der Waals surface area contributed by atoms with E-state index in [0.29, 0.717) is 12.5 Å². The minimum atomic E-state index is -0.334. The third-order valence-electron chi connectivity index (χ3n) is 2.14. The normalized spacial score (nSPS) is 12.3. The Bertz CT molecular complexity index is 236. The van der Waals surface area contributed by atoms with Crippen molar-refractivity contribution >= 4 is 11.9 Å². The van der Waals surface area contributed by atoms with Crippen LogP contribution in [0, 0.1) is 5.92 Å². The molecule has 0 aliphatic rings. The summed E-state index contributed by atoms with van der Waals surface area (Å²) in [5.41, 5.74) is 0. The van der Waals surface area contributed by atoms with Crippen molar-refractivity contribution in [2.75, 3.05) is 6.61 Å². The summed E-state index contributed by atoms with van der Waals surface area (Å²) < 4.78 is 10.1. The highest BCUT2D eigenvalue weighted by Gasteiger charge is 2.12. The molecule has 0 fully saturated rings. The van der Waals surface area contributed by atoms with E-state index >= 15 is 0 Å². The van der Waals surface area contributed by atoms with Crippen LogP contribution in [0.15, 0.2) is 0 Å². The van der Waals surface area contributed by atoms with E-state index in [4.69, 9.17) is 9.47 Å². The fraction of sp³-hybridized carbons (Fsp3) is 0.846. The molecule has 0 aromatic carbocycles. The summed E-state index contributed by atoms with van der Waals surface area (Å²) in [6, 6.07) is 0. The number of carbonyl (C=O) groups excluding carboxylic acids is 2. The van der Waals surface area contributed by atoms with E-state index < -0.39 is 0 Å². The van der Waals surface area contributed by atoms with Crippen molar-refractivity contribution in [1.82, 2.24) is 0 Å². The molecule has 1 unspecified atom stereocenters. The van der Waals surface area contributed by atoms with E-state index in [1.54, 1.807) is 0 Å². The van der Waals surface area contributed by atoms with Crippen molar-refractivity contribution in [3.63, 3.8) is 0 Å². The van der Waals surface area contributed by atoms with Crippen LogP contribution in [-0.2, 0) is 19.1 Å². The van der Waals surface area contributed by atoms with Crippen molar-refractivity contribution < 1.29 is 19.1 Å². The first-order chi connectivity index (χ1) is 7.95. The molecule has 0 aliphatic carbocycles. The molecule has 0 N–H and O–H groups in total. The number of rotatable bonds is 8. The van der Waals surface area contributed by atoms with E-state index in [0.717, 1.165) is 12.8 Å². The molecule has 0 saturated heterocycles. The molecule has 0 heterocycles. The predicted octanol–water partition coefficient (Wildman–Crippen LogP) is 2.70. The van der Waals surface area contributed by atoms with Gasteiger partial charge in [-0.15, -0.1) is 0 Å². The van der Waals surface area contributed by atoms with Gasteiger partial charge in [0.25, 0.3) is 0 Å². The van der Waals surface area contributed by atoms with E-state index in [9.17, 15) is 9.59 Å². The maximum Gasteiger partial charge on any atom is 0.306 e. The second-order valence-corrected chi connectivity index (χ2v) is 4.67. The first-order valence-corrected chi connectivity index (χ1v) is 6.30. The van der Waals surface area contributed by atoms with Gasteiger partial charge in [0.1, 0.15) is 0 Å². The van der Waals surface area contributed by atoms with Gasteiger partial charge in [0.15, 0.2) is 0 Å². The molecule has 100 valence electrons. The van der Waals surface area contributed by atoms with Crippen LogP contribution in [0.4, 0.5) is 0 Å². The first kappa shape index (κ1) is 15.9. The molecule has 0 aromatic rings. The lowest BCUT2D eigenvalue weighted by Crippen LogP contribution is -2.17. The quantitative estimate of drug-likeness (QED) is 0.616. The van der Waals surface area contributed by atoms with Crippen LogP contribution in [0.1, 0.15) is 53.4 Å². The van der Waals surface area contributed by atoms with Gasteiger partial charge in [-0.05, 0) is 19.3 Å². The van der Waals surface area contributed by atoms with Crippen molar-refractivity contribution in [2.24, 2.45) is 5.92 Å². The van der Waals surface area contributed by atoms with E-state index in [-0.39, 0.29) is 30.9 Å². The molecule has 0 rings (SSSR count). The maximum atomic E-state index is 11.3. The van der Waals surface area contributed by atoms with Gasteiger partial charge in [-0.1, -0.05) is 27.2 Å². The first-order valence-electron chi connectivity index (χ1n) is 6.30. The highest BCUT2D eigenvalue weighted by atomic mass is 16.5. The minimum absolute atomic E-state index is 0.0702. The third-order valence-corrected chi connectivity index (χ3v) is 2.14. The fourth-order valence-corrected chi connectivity index (χ4v) is 1.28. The second-order valence-electron chi connectivity index (χ2n) is 4.67. The molecule has 1 atom stereocenters. The molecule has 0 amide bonds. The highest BCUT2D eigenvalue weighted by molar-refractivity contribution is 5.77. The van der Waals surface area contributed by atoms with Crippen LogP contribution in [-0.4, -0.2) is 24.6 Å². The molecule has 17 heavy (non-hydrogen) atoms. The summed E-state index contributed by atoms with van der Waals surface area (Å²) in [7, 11) is 0. The van der Waals surface area contributed by atoms with Gasteiger partial charge in [-0.2, -0.15) is 0 Å². The Labute approximate surface area is 104 Å². The molecule has 4 heteroatoms. The maximum absolute atomic E-state index is 11.3. The Kier molecular flexibility index (Phi) is 8.46. The average molecular weight is 244 g/mol. The van der Waals surface area contributed by atoms with Gasteiger partial charge >= 0.3 is 11.9 Å². The van der Waals surface area contributed by atoms with Gasteiger partial charge in [-0.25, -0.2) is 0 Å². The lowest BCUT2D eigenvalue weighted by Gasteiger charge is -2.12. The number of esters is 2. The lowest BCUT2D eigenvalue weighted by atomic mass is 10.2. The zero-order valence-electron chi connectivity index (χ0n) is 11.3. The number of carbonyl (C=O) groups is 2. The van der Waals surface area contributed by atoms with Crippen LogP contribution >= 0.6 is 0 Å². The Morgan fingerprint density at radius 1 is 1.06 bits per heavy atom. The molecule has 0 aliphatic heterocycles. The number of ether oxygens (including phenoxy) is 2. The molecule has 0 aromatic heterocycles. The monoisotopic (exact) mass is 244 g/mol. The van der Waals surface area contributed by atoms with Gasteiger partial charge in [0.05, 0.1) is 25.6 Å². The van der Waals surface area contributed by atoms with Gasteiger partial charge in [0.2, 0.25) is 0 Å². The fourth-order valence-electron chi connectivity index (χ4n) is 1.28. The van der Waals surface area contributed by atoms with Crippen LogP contribution in [0.2, 0.25) is 0 Å². The molecule has 0 radical (unpaired) electrons. The summed E-state index contributed by atoms with van der Waals surface area (Å²) in [4.78, 5) is 22.6. The Hall–Kier alpha value is -1.06. The largest absolute Gasteiger partial charge is 0.465 e. The van der Waals surface area contributed by atoms with E-state index in [2.05, 4.69) is 0 Å². The van der Waals surface area contributed by atoms with Crippen molar-refractivity contribution in [2.45, 2.75) is 59.5 Å². The molecular formula is C13H24O4. The zero-order valence-corrected chi connectivity index (χ0v) is 11.3. The molecule has 4 nitrogen and oxygen atoms in total. The highest BCUT2D eigenvalue weighted by Crippen LogP contribution is 2.05. The molecule has 0 bridgehead atoms. The molecular weight excluding hydrogens is 220 g/mol. The lowest BCUT2D eigenvalue weighted by molar-refractivity contribution is -0.153. The third kappa shape index (κ3) is 9.85. The molecule has 0 spiro atoms. The number of hydrogen-bond donors (Lipinski definition) is 0. The Balaban J connectivity index is 3.65. The summed E-state index contributed by atoms with van der Waals surface area (Å²) in [6.07, 6.45) is 1.96. The average Bonchev–Trinajstić information content (AvgIpc) is 2.23. The van der Waals surface area contributed by atoms with Crippen molar-refractivity contribution in [1.29, 1.82) is 0 Å². The van der Waals surface area contributed by atoms with Crippen molar-refractivity contribution in [3.05, 3.63) is 0 Å². The SMILES string of the molecule is CCCC(C)OC(=O)CCC(=O)OCC(C)C. The topological polar surface area (TPSA) is 52.6 Å². The standard InChI is InChI=1S/C13H24O4/c1-5-6-11(4)17-13(15)8-7-12(14)16-9-10(2)3/h10-11H,5-9H2,1-4H3. The second kappa shape index (κ2) is 9.02. The summed E-state index contributed by atoms with van der Waals surface area (Å²) >= 11 is 0. The number of hydrogen-bond acceptors (Lipinski definition) is 4. The van der Waals surface area contributed by atoms with Crippen LogP contribution < -0.4 is 0 Å². The summed E-state index contributed by atoms with van der Waals surface area (Å²) in [6.45, 7) is 8.23. The molecule has 0 saturated carbocycles. The van der Waals surface area contributed by atoms with E-state index in [1.165, 1.54) is 0 Å². The minimum Gasteiger partial charge on any atom is -0.465 e. The van der Waals surface area contributed by atoms with Crippen LogP contribution in [0.25, 0.3) is 0 Å². The van der Waals surface area contributed by atoms with Gasteiger partial charge < -0.3 is 9.47 Å². The summed E-state index contributed by atoms with van der Waals surface area (Å²) in [5.74, 6) is -0.346. The van der Waals surface area contributed by atoms with Crippen LogP contribution in [0.5, 0.6) is 0 Å². The summed E-state index contributed by atoms with van der Waals surface area (Å²) in [5, 5.41) is 0. The van der Waals surface area contributed by atoms with E-state index in [1.807, 2.05) is 27.7 Å². The van der Waals surface area contributed by atoms with Crippen LogP contribution in [0.3, 0.4) is 0 Å². The Morgan fingerprint density at radius 3 is 2.18 bits per heavy atom. The van der Waals surface area contributed by atoms with Crippen molar-refractivity contribution in [3.8, 4) is 0 Å².